The predicted molar refractivity (Wildman–Crippen MR) is 100 cm³/mol. The number of carboxylic acids is 1. The third-order valence-electron chi connectivity index (χ3n) is 3.37. The van der Waals surface area contributed by atoms with Gasteiger partial charge in [0.2, 0.25) is 0 Å². The van der Waals surface area contributed by atoms with E-state index in [2.05, 4.69) is 0 Å². The molecule has 0 aromatic rings. The quantitative estimate of drug-likeness (QED) is 0.423. The number of rotatable bonds is 5. The van der Waals surface area contributed by atoms with Crippen LogP contribution >= 0.6 is 35.7 Å². The van der Waals surface area contributed by atoms with Crippen molar-refractivity contribution >= 4 is 57.9 Å². The maximum absolute atomic E-state index is 12.5. The molecule has 1 saturated heterocycles. The van der Waals surface area contributed by atoms with Crippen LogP contribution in [0.25, 0.3) is 0 Å². The molecule has 1 fully saturated rings. The molecule has 2 aliphatic heterocycles. The van der Waals surface area contributed by atoms with Gasteiger partial charge < -0.3 is 14.7 Å². The van der Waals surface area contributed by atoms with Crippen molar-refractivity contribution in [1.29, 1.82) is 0 Å². The van der Waals surface area contributed by atoms with Crippen LogP contribution in [0.1, 0.15) is 13.8 Å². The molecular formula is C15H16N2O5S3. The molecule has 0 atom stereocenters. The summed E-state index contributed by atoms with van der Waals surface area (Å²) in [5.74, 6) is -1.98. The molecule has 0 aromatic carbocycles. The highest BCUT2D eigenvalue weighted by Crippen LogP contribution is 2.47. The fourth-order valence-electron chi connectivity index (χ4n) is 2.05. The SMILES string of the molecule is CCOC(=O)/C=C/C1=C(C)N(C)/C(=C2/SC(=S)N(CC(=O)O)C2=O)S1. The summed E-state index contributed by atoms with van der Waals surface area (Å²) < 4.78 is 5.07. The Balaban J connectivity index is 2.24. The molecule has 0 bridgehead atoms. The summed E-state index contributed by atoms with van der Waals surface area (Å²) in [5, 5.41) is 9.57. The zero-order chi connectivity index (χ0) is 18.7. The number of nitrogens with zero attached hydrogens (tertiary/aromatic N) is 2. The Labute approximate surface area is 158 Å². The average molecular weight is 401 g/mol. The van der Waals surface area contributed by atoms with Gasteiger partial charge in [-0.1, -0.05) is 35.7 Å². The number of amides is 1. The maximum atomic E-state index is 12.5. The van der Waals surface area contributed by atoms with E-state index in [0.717, 1.165) is 27.3 Å². The van der Waals surface area contributed by atoms with Crippen LogP contribution in [-0.4, -0.2) is 57.3 Å². The Morgan fingerprint density at radius 3 is 2.64 bits per heavy atom. The van der Waals surface area contributed by atoms with Crippen LogP contribution in [0.4, 0.5) is 0 Å². The number of carboxylic acid groups (broad SMARTS) is 1. The molecule has 0 radical (unpaired) electrons. The van der Waals surface area contributed by atoms with E-state index in [4.69, 9.17) is 22.1 Å². The first-order valence-corrected chi connectivity index (χ1v) is 9.27. The van der Waals surface area contributed by atoms with E-state index in [1.807, 2.05) is 11.8 Å². The van der Waals surface area contributed by atoms with Crippen LogP contribution < -0.4 is 0 Å². The van der Waals surface area contributed by atoms with Gasteiger partial charge in [0, 0.05) is 23.7 Å². The summed E-state index contributed by atoms with van der Waals surface area (Å²) in [6.07, 6.45) is 2.97. The van der Waals surface area contributed by atoms with Gasteiger partial charge in [-0.05, 0) is 19.9 Å². The fraction of sp³-hybridized carbons (Fsp3) is 0.333. The monoisotopic (exact) mass is 400 g/mol. The minimum atomic E-state index is -1.12. The normalized spacial score (nSPS) is 21.1. The molecule has 7 nitrogen and oxygen atoms in total. The Morgan fingerprint density at radius 1 is 1.36 bits per heavy atom. The molecule has 25 heavy (non-hydrogen) atoms. The lowest BCUT2D eigenvalue weighted by Gasteiger charge is -2.16. The van der Waals surface area contributed by atoms with Crippen LogP contribution in [-0.2, 0) is 19.1 Å². The summed E-state index contributed by atoms with van der Waals surface area (Å²) in [4.78, 5) is 38.9. The number of thiocarbonyl (C=S) groups is 1. The molecule has 0 unspecified atom stereocenters. The topological polar surface area (TPSA) is 87.2 Å². The fourth-order valence-corrected chi connectivity index (χ4v) is 4.63. The van der Waals surface area contributed by atoms with Crippen LogP contribution in [0.5, 0.6) is 0 Å². The van der Waals surface area contributed by atoms with Crippen molar-refractivity contribution in [3.63, 3.8) is 0 Å². The smallest absolute Gasteiger partial charge is 0.330 e. The van der Waals surface area contributed by atoms with E-state index in [1.165, 1.54) is 17.8 Å². The zero-order valence-corrected chi connectivity index (χ0v) is 16.2. The van der Waals surface area contributed by atoms with Crippen molar-refractivity contribution < 1.29 is 24.2 Å². The number of hydrogen-bond acceptors (Lipinski definition) is 8. The lowest BCUT2D eigenvalue weighted by atomic mass is 10.3. The van der Waals surface area contributed by atoms with Gasteiger partial charge in [0.15, 0.2) is 0 Å². The van der Waals surface area contributed by atoms with E-state index in [0.29, 0.717) is 16.5 Å². The predicted octanol–water partition coefficient (Wildman–Crippen LogP) is 2.13. The van der Waals surface area contributed by atoms with Crippen molar-refractivity contribution in [3.05, 3.63) is 32.7 Å². The molecule has 2 heterocycles. The Hall–Kier alpha value is -1.78. The number of hydrogen-bond donors (Lipinski definition) is 1. The highest BCUT2D eigenvalue weighted by molar-refractivity contribution is 8.27. The summed E-state index contributed by atoms with van der Waals surface area (Å²) in [5.41, 5.74) is 0.865. The molecule has 2 aliphatic rings. The summed E-state index contributed by atoms with van der Waals surface area (Å²) in [6.45, 7) is 3.43. The van der Waals surface area contributed by atoms with Gasteiger partial charge in [0.1, 0.15) is 15.8 Å². The average Bonchev–Trinajstić information content (AvgIpc) is 2.97. The molecule has 0 aliphatic carbocycles. The molecule has 0 saturated carbocycles. The van der Waals surface area contributed by atoms with Crippen molar-refractivity contribution in [2.24, 2.45) is 0 Å². The Kier molecular flexibility index (Phi) is 6.31. The number of allylic oxidation sites excluding steroid dienone is 2. The number of carbonyl (C=O) groups is 3. The third-order valence-corrected chi connectivity index (χ3v) is 6.25. The number of carbonyl (C=O) groups excluding carboxylic acids is 2. The van der Waals surface area contributed by atoms with Crippen molar-refractivity contribution in [2.75, 3.05) is 20.2 Å². The molecular weight excluding hydrogens is 384 g/mol. The standard InChI is InChI=1S/C15H16N2O5S3/c1-4-22-11(20)6-5-9-8(2)16(3)14(24-9)12-13(21)17(7-10(18)19)15(23)25-12/h5-6H,4,7H2,1-3H3,(H,18,19)/b6-5+,14-12-. The molecule has 1 N–H and O–H groups in total. The second kappa shape index (κ2) is 8.07. The van der Waals surface area contributed by atoms with Crippen molar-refractivity contribution in [2.45, 2.75) is 13.8 Å². The van der Waals surface area contributed by atoms with Gasteiger partial charge in [-0.2, -0.15) is 0 Å². The summed E-state index contributed by atoms with van der Waals surface area (Å²) >= 11 is 7.52. The van der Waals surface area contributed by atoms with Crippen LogP contribution in [0.15, 0.2) is 32.7 Å². The first-order chi connectivity index (χ1) is 11.8. The third kappa shape index (κ3) is 4.25. The number of ether oxygens (including phenoxy) is 1. The Morgan fingerprint density at radius 2 is 2.04 bits per heavy atom. The van der Waals surface area contributed by atoms with E-state index >= 15 is 0 Å². The minimum absolute atomic E-state index is 0.220. The second-order valence-corrected chi connectivity index (χ2v) is 7.66. The highest BCUT2D eigenvalue weighted by Gasteiger charge is 2.38. The molecule has 2 rings (SSSR count). The molecule has 0 spiro atoms. The van der Waals surface area contributed by atoms with Gasteiger partial charge in [0.25, 0.3) is 5.91 Å². The number of aliphatic carboxylic acids is 1. The van der Waals surface area contributed by atoms with Crippen LogP contribution in [0.2, 0.25) is 0 Å². The first kappa shape index (κ1) is 19.5. The van der Waals surface area contributed by atoms with Gasteiger partial charge in [-0.25, -0.2) is 4.79 Å². The van der Waals surface area contributed by atoms with E-state index in [1.54, 1.807) is 20.0 Å². The second-order valence-electron chi connectivity index (χ2n) is 4.98. The lowest BCUT2D eigenvalue weighted by molar-refractivity contribution is -0.140. The minimum Gasteiger partial charge on any atom is -0.480 e. The molecule has 10 heteroatoms. The maximum Gasteiger partial charge on any atom is 0.330 e. The molecule has 0 aromatic heterocycles. The van der Waals surface area contributed by atoms with Crippen molar-refractivity contribution in [1.82, 2.24) is 9.80 Å². The molecule has 1 amide bonds. The van der Waals surface area contributed by atoms with Gasteiger partial charge >= 0.3 is 11.9 Å². The largest absolute Gasteiger partial charge is 0.480 e. The zero-order valence-electron chi connectivity index (χ0n) is 13.8. The van der Waals surface area contributed by atoms with Gasteiger partial charge in [-0.3, -0.25) is 14.5 Å². The Bertz CT molecular complexity index is 741. The first-order valence-electron chi connectivity index (χ1n) is 7.23. The highest BCUT2D eigenvalue weighted by atomic mass is 32.2. The lowest BCUT2D eigenvalue weighted by Crippen LogP contribution is -2.33. The van der Waals surface area contributed by atoms with Gasteiger partial charge in [-0.15, -0.1) is 0 Å². The molecule has 134 valence electrons. The number of esters is 1. The van der Waals surface area contributed by atoms with Gasteiger partial charge in [0.05, 0.1) is 11.6 Å². The van der Waals surface area contributed by atoms with E-state index in [9.17, 15) is 14.4 Å². The van der Waals surface area contributed by atoms with Crippen LogP contribution in [0, 0.1) is 0 Å². The summed E-state index contributed by atoms with van der Waals surface area (Å²) in [6, 6.07) is 0. The summed E-state index contributed by atoms with van der Waals surface area (Å²) in [7, 11) is 1.80. The van der Waals surface area contributed by atoms with Crippen molar-refractivity contribution in [3.8, 4) is 0 Å². The van der Waals surface area contributed by atoms with E-state index in [-0.39, 0.29) is 4.32 Å². The van der Waals surface area contributed by atoms with Crippen LogP contribution in [0.3, 0.4) is 0 Å². The van der Waals surface area contributed by atoms with E-state index < -0.39 is 24.4 Å². The number of thioether (sulfide) groups is 2.